The average Bonchev–Trinajstić information content (AvgIpc) is 2.15. The van der Waals surface area contributed by atoms with Crippen molar-refractivity contribution in [3.63, 3.8) is 0 Å². The summed E-state index contributed by atoms with van der Waals surface area (Å²) >= 11 is 0. The zero-order chi connectivity index (χ0) is 10.8. The average molecular weight is 210 g/mol. The Kier molecular flexibility index (Phi) is 3.53. The molecule has 82 valence electrons. The van der Waals surface area contributed by atoms with E-state index in [4.69, 9.17) is 4.74 Å². The molecule has 1 aliphatic rings. The molecule has 0 atom stereocenters. The van der Waals surface area contributed by atoms with Crippen LogP contribution in [-0.2, 0) is 9.53 Å². The van der Waals surface area contributed by atoms with Crippen molar-refractivity contribution >= 4 is 5.78 Å². The molecule has 1 fully saturated rings. The monoisotopic (exact) mass is 210 g/mol. The van der Waals surface area contributed by atoms with E-state index in [0.717, 1.165) is 0 Å². The van der Waals surface area contributed by atoms with Gasteiger partial charge in [-0.25, -0.2) is 0 Å². The maximum atomic E-state index is 12.0. The first-order chi connectivity index (χ1) is 6.45. The summed E-state index contributed by atoms with van der Waals surface area (Å²) in [5.74, 6) is -2.42. The van der Waals surface area contributed by atoms with Crippen LogP contribution in [0.2, 0.25) is 0 Å². The van der Waals surface area contributed by atoms with Gasteiger partial charge in [0.05, 0.1) is 6.10 Å². The second kappa shape index (κ2) is 4.29. The first-order valence-corrected chi connectivity index (χ1v) is 4.59. The van der Waals surface area contributed by atoms with E-state index >= 15 is 0 Å². The molecule has 5 heteroatoms. The third-order valence-electron chi connectivity index (χ3n) is 2.66. The minimum Gasteiger partial charge on any atom is -0.381 e. The lowest BCUT2D eigenvalue weighted by atomic mass is 9.84. The number of carbonyl (C=O) groups excluding carboxylic acids is 1. The molecular weight excluding hydrogens is 197 g/mol. The molecule has 0 radical (unpaired) electrons. The van der Waals surface area contributed by atoms with Gasteiger partial charge in [0.1, 0.15) is 0 Å². The quantitative estimate of drug-likeness (QED) is 0.699. The molecule has 0 unspecified atom stereocenters. The number of ketones is 1. The Balaban J connectivity index is 2.46. The number of alkyl halides is 3. The highest BCUT2D eigenvalue weighted by molar-refractivity contribution is 5.86. The van der Waals surface area contributed by atoms with Crippen LogP contribution < -0.4 is 0 Å². The molecule has 0 N–H and O–H groups in total. The summed E-state index contributed by atoms with van der Waals surface area (Å²) in [6.07, 6.45) is -2.99. The van der Waals surface area contributed by atoms with Gasteiger partial charge in [0.25, 0.3) is 0 Å². The van der Waals surface area contributed by atoms with Crippen LogP contribution in [0.5, 0.6) is 0 Å². The molecule has 0 bridgehead atoms. The van der Waals surface area contributed by atoms with Gasteiger partial charge in [0, 0.05) is 13.0 Å². The number of hydrogen-bond acceptors (Lipinski definition) is 2. The molecule has 0 heterocycles. The summed E-state index contributed by atoms with van der Waals surface area (Å²) in [6.45, 7) is 0. The van der Waals surface area contributed by atoms with Gasteiger partial charge in [-0.3, -0.25) is 4.79 Å². The molecule has 1 rings (SSSR count). The Bertz CT molecular complexity index is 205. The third kappa shape index (κ3) is 2.70. The number of rotatable bonds is 2. The molecule has 14 heavy (non-hydrogen) atoms. The van der Waals surface area contributed by atoms with Crippen LogP contribution >= 0.6 is 0 Å². The molecule has 0 aromatic carbocycles. The molecule has 0 aliphatic heterocycles. The van der Waals surface area contributed by atoms with Gasteiger partial charge in [-0.2, -0.15) is 13.2 Å². The molecule has 0 saturated heterocycles. The molecule has 2 nitrogen and oxygen atoms in total. The SMILES string of the molecule is COC1CCC(C(=O)C(F)(F)F)CC1. The summed E-state index contributed by atoms with van der Waals surface area (Å²) < 4.78 is 41.1. The van der Waals surface area contributed by atoms with Crippen LogP contribution in [0.4, 0.5) is 13.2 Å². The van der Waals surface area contributed by atoms with Crippen molar-refractivity contribution in [2.45, 2.75) is 38.0 Å². The molecule has 1 saturated carbocycles. The van der Waals surface area contributed by atoms with E-state index < -0.39 is 17.9 Å². The van der Waals surface area contributed by atoms with E-state index in [1.54, 1.807) is 0 Å². The highest BCUT2D eigenvalue weighted by Gasteiger charge is 2.43. The number of Topliss-reactive ketones (excluding diaryl/α,β-unsaturated/α-hetero) is 1. The maximum Gasteiger partial charge on any atom is 0.450 e. The van der Waals surface area contributed by atoms with E-state index in [2.05, 4.69) is 0 Å². The summed E-state index contributed by atoms with van der Waals surface area (Å²) in [5.41, 5.74) is 0. The fraction of sp³-hybridized carbons (Fsp3) is 0.889. The van der Waals surface area contributed by atoms with Gasteiger partial charge in [0.15, 0.2) is 0 Å². The van der Waals surface area contributed by atoms with Crippen LogP contribution in [0.25, 0.3) is 0 Å². The van der Waals surface area contributed by atoms with E-state index in [1.165, 1.54) is 7.11 Å². The number of ether oxygens (including phenoxy) is 1. The van der Waals surface area contributed by atoms with Gasteiger partial charge in [-0.15, -0.1) is 0 Å². The van der Waals surface area contributed by atoms with Crippen LogP contribution in [0.1, 0.15) is 25.7 Å². The lowest BCUT2D eigenvalue weighted by Crippen LogP contribution is -2.34. The van der Waals surface area contributed by atoms with Gasteiger partial charge in [-0.05, 0) is 25.7 Å². The predicted molar refractivity (Wildman–Crippen MR) is 43.8 cm³/mol. The van der Waals surface area contributed by atoms with Crippen LogP contribution in [0.3, 0.4) is 0 Å². The fourth-order valence-corrected chi connectivity index (χ4v) is 1.79. The number of methoxy groups -OCH3 is 1. The van der Waals surface area contributed by atoms with E-state index in [1.807, 2.05) is 0 Å². The van der Waals surface area contributed by atoms with E-state index in [-0.39, 0.29) is 18.9 Å². The third-order valence-corrected chi connectivity index (χ3v) is 2.66. The second-order valence-electron chi connectivity index (χ2n) is 3.57. The maximum absolute atomic E-state index is 12.0. The molecule has 0 amide bonds. The number of hydrogen-bond donors (Lipinski definition) is 0. The van der Waals surface area contributed by atoms with Crippen LogP contribution in [0, 0.1) is 5.92 Å². The lowest BCUT2D eigenvalue weighted by molar-refractivity contribution is -0.177. The summed E-state index contributed by atoms with van der Waals surface area (Å²) in [5, 5.41) is 0. The molecule has 0 spiro atoms. The van der Waals surface area contributed by atoms with Crippen molar-refractivity contribution in [1.29, 1.82) is 0 Å². The highest BCUT2D eigenvalue weighted by atomic mass is 19.4. The standard InChI is InChI=1S/C9H13F3O2/c1-14-7-4-2-6(3-5-7)8(13)9(10,11)12/h6-7H,2-5H2,1H3. The summed E-state index contributed by atoms with van der Waals surface area (Å²) in [7, 11) is 1.54. The highest BCUT2D eigenvalue weighted by Crippen LogP contribution is 2.31. The first-order valence-electron chi connectivity index (χ1n) is 4.59. The number of halogens is 3. The lowest BCUT2D eigenvalue weighted by Gasteiger charge is -2.26. The predicted octanol–water partition coefficient (Wildman–Crippen LogP) is 2.32. The second-order valence-corrected chi connectivity index (χ2v) is 3.57. The van der Waals surface area contributed by atoms with Gasteiger partial charge >= 0.3 is 6.18 Å². The Labute approximate surface area is 80.4 Å². The van der Waals surface area contributed by atoms with E-state index in [0.29, 0.717) is 12.8 Å². The number of carbonyl (C=O) groups is 1. The van der Waals surface area contributed by atoms with Gasteiger partial charge < -0.3 is 4.74 Å². The summed E-state index contributed by atoms with van der Waals surface area (Å²) in [6, 6.07) is 0. The van der Waals surface area contributed by atoms with E-state index in [9.17, 15) is 18.0 Å². The zero-order valence-electron chi connectivity index (χ0n) is 7.93. The van der Waals surface area contributed by atoms with Crippen molar-refractivity contribution in [3.8, 4) is 0 Å². The van der Waals surface area contributed by atoms with Crippen LogP contribution in [0.15, 0.2) is 0 Å². The molecule has 1 aliphatic carbocycles. The van der Waals surface area contributed by atoms with Crippen LogP contribution in [-0.4, -0.2) is 25.2 Å². The normalized spacial score (nSPS) is 28.9. The summed E-state index contributed by atoms with van der Waals surface area (Å²) in [4.78, 5) is 10.8. The molecular formula is C9H13F3O2. The van der Waals surface area contributed by atoms with Crippen molar-refractivity contribution in [1.82, 2.24) is 0 Å². The zero-order valence-corrected chi connectivity index (χ0v) is 7.93. The Morgan fingerprint density at radius 3 is 2.07 bits per heavy atom. The molecule has 0 aromatic rings. The molecule has 0 aromatic heterocycles. The van der Waals surface area contributed by atoms with Gasteiger partial charge in [-0.1, -0.05) is 0 Å². The topological polar surface area (TPSA) is 26.3 Å². The first kappa shape index (κ1) is 11.5. The van der Waals surface area contributed by atoms with Crippen molar-refractivity contribution < 1.29 is 22.7 Å². The Morgan fingerprint density at radius 1 is 1.21 bits per heavy atom. The minimum absolute atomic E-state index is 0.0206. The fourth-order valence-electron chi connectivity index (χ4n) is 1.79. The van der Waals surface area contributed by atoms with Gasteiger partial charge in [0.2, 0.25) is 5.78 Å². The van der Waals surface area contributed by atoms with Crippen molar-refractivity contribution in [2.75, 3.05) is 7.11 Å². The Morgan fingerprint density at radius 2 is 1.71 bits per heavy atom. The minimum atomic E-state index is -4.68. The Hall–Kier alpha value is -0.580. The van der Waals surface area contributed by atoms with Crippen molar-refractivity contribution in [3.05, 3.63) is 0 Å². The smallest absolute Gasteiger partial charge is 0.381 e. The largest absolute Gasteiger partial charge is 0.450 e. The van der Waals surface area contributed by atoms with Crippen molar-refractivity contribution in [2.24, 2.45) is 5.92 Å².